The molecule has 2 aromatic carbocycles. The Hall–Kier alpha value is -2.10. The van der Waals surface area contributed by atoms with Crippen LogP contribution in [0.25, 0.3) is 0 Å². The van der Waals surface area contributed by atoms with Gasteiger partial charge in [0.1, 0.15) is 17.5 Å². The Balaban J connectivity index is 2.14. The summed E-state index contributed by atoms with van der Waals surface area (Å²) in [5.41, 5.74) is 0.774. The largest absolute Gasteiger partial charge is 0.497 e. The average Bonchev–Trinajstić information content (AvgIpc) is 2.70. The van der Waals surface area contributed by atoms with Crippen LogP contribution in [-0.4, -0.2) is 34.6 Å². The van der Waals surface area contributed by atoms with E-state index in [2.05, 4.69) is 26.0 Å². The first-order valence-electron chi connectivity index (χ1n) is 8.94. The number of amides is 1. The quantitative estimate of drug-likeness (QED) is 0.570. The molecule has 0 spiro atoms. The summed E-state index contributed by atoms with van der Waals surface area (Å²) in [6.45, 7) is 3.76. The molecule has 0 fully saturated rings. The van der Waals surface area contributed by atoms with Gasteiger partial charge in [-0.05, 0) is 48.4 Å². The molecule has 0 aliphatic heterocycles. The molecule has 0 aliphatic rings. The maximum Gasteiger partial charge on any atom is 0.241 e. The number of carbonyl (C=O) groups is 1. The van der Waals surface area contributed by atoms with E-state index in [4.69, 9.17) is 9.47 Å². The molecule has 9 heteroatoms. The molecular formula is C20H25BrN2O5S. The molecule has 0 bridgehead atoms. The minimum absolute atomic E-state index is 0.0606. The summed E-state index contributed by atoms with van der Waals surface area (Å²) in [5, 5.41) is 2.79. The van der Waals surface area contributed by atoms with Crippen molar-refractivity contribution in [2.75, 3.05) is 14.2 Å². The Kier molecular flexibility index (Phi) is 8.06. The van der Waals surface area contributed by atoms with Crippen molar-refractivity contribution in [1.82, 2.24) is 10.0 Å². The molecule has 158 valence electrons. The first-order chi connectivity index (χ1) is 13.7. The lowest BCUT2D eigenvalue weighted by Gasteiger charge is -2.22. The van der Waals surface area contributed by atoms with Gasteiger partial charge in [-0.25, -0.2) is 8.42 Å². The SMILES string of the molecule is COc1ccc(S(=O)(=O)N[C@H](C(=O)NCc2cc(Br)ccc2OC)C(C)C)cc1. The zero-order valence-electron chi connectivity index (χ0n) is 16.7. The van der Waals surface area contributed by atoms with Gasteiger partial charge in [-0.3, -0.25) is 4.79 Å². The number of halogens is 1. The lowest BCUT2D eigenvalue weighted by molar-refractivity contribution is -0.123. The number of carbonyl (C=O) groups excluding carboxylic acids is 1. The first kappa shape index (κ1) is 23.2. The maximum absolute atomic E-state index is 12.7. The van der Waals surface area contributed by atoms with Gasteiger partial charge < -0.3 is 14.8 Å². The number of nitrogens with one attached hydrogen (secondary N) is 2. The summed E-state index contributed by atoms with van der Waals surface area (Å²) in [6, 6.07) is 10.5. The Bertz CT molecular complexity index is 946. The first-order valence-corrected chi connectivity index (χ1v) is 11.2. The van der Waals surface area contributed by atoms with Gasteiger partial charge in [0.2, 0.25) is 15.9 Å². The number of hydrogen-bond donors (Lipinski definition) is 2. The van der Waals surface area contributed by atoms with E-state index in [0.717, 1.165) is 10.0 Å². The zero-order chi connectivity index (χ0) is 21.6. The molecule has 0 saturated heterocycles. The van der Waals surface area contributed by atoms with Gasteiger partial charge in [0.25, 0.3) is 0 Å². The van der Waals surface area contributed by atoms with Crippen LogP contribution in [0.3, 0.4) is 0 Å². The fourth-order valence-electron chi connectivity index (χ4n) is 2.66. The number of benzene rings is 2. The molecule has 29 heavy (non-hydrogen) atoms. The minimum Gasteiger partial charge on any atom is -0.497 e. The van der Waals surface area contributed by atoms with Gasteiger partial charge in [0.15, 0.2) is 0 Å². The van der Waals surface area contributed by atoms with Crippen LogP contribution in [0.4, 0.5) is 0 Å². The second kappa shape index (κ2) is 10.1. The van der Waals surface area contributed by atoms with Gasteiger partial charge in [-0.15, -0.1) is 0 Å². The monoisotopic (exact) mass is 484 g/mol. The molecule has 0 aliphatic carbocycles. The highest BCUT2D eigenvalue weighted by molar-refractivity contribution is 9.10. The molecule has 1 atom stereocenters. The Morgan fingerprint density at radius 2 is 1.72 bits per heavy atom. The van der Waals surface area contributed by atoms with E-state index in [-0.39, 0.29) is 17.4 Å². The molecule has 0 unspecified atom stereocenters. The van der Waals surface area contributed by atoms with Crippen LogP contribution in [0.15, 0.2) is 51.8 Å². The highest BCUT2D eigenvalue weighted by Crippen LogP contribution is 2.23. The van der Waals surface area contributed by atoms with Gasteiger partial charge in [-0.2, -0.15) is 4.72 Å². The molecule has 1 amide bonds. The molecule has 0 heterocycles. The predicted octanol–water partition coefficient (Wildman–Crippen LogP) is 3.09. The fraction of sp³-hybridized carbons (Fsp3) is 0.350. The van der Waals surface area contributed by atoms with Crippen LogP contribution in [0.2, 0.25) is 0 Å². The third-order valence-corrected chi connectivity index (χ3v) is 6.25. The lowest BCUT2D eigenvalue weighted by atomic mass is 10.0. The molecule has 2 N–H and O–H groups in total. The van der Waals surface area contributed by atoms with Crippen molar-refractivity contribution < 1.29 is 22.7 Å². The third-order valence-electron chi connectivity index (χ3n) is 4.30. The zero-order valence-corrected chi connectivity index (χ0v) is 19.1. The van der Waals surface area contributed by atoms with E-state index in [9.17, 15) is 13.2 Å². The summed E-state index contributed by atoms with van der Waals surface area (Å²) in [6.07, 6.45) is 0. The van der Waals surface area contributed by atoms with Gasteiger partial charge in [-0.1, -0.05) is 29.8 Å². The summed E-state index contributed by atoms with van der Waals surface area (Å²) >= 11 is 3.39. The smallest absolute Gasteiger partial charge is 0.241 e. The highest BCUT2D eigenvalue weighted by atomic mass is 79.9. The number of rotatable bonds is 9. The van der Waals surface area contributed by atoms with E-state index in [0.29, 0.717) is 11.5 Å². The van der Waals surface area contributed by atoms with Crippen molar-refractivity contribution in [3.05, 3.63) is 52.5 Å². The number of ether oxygens (including phenoxy) is 2. The highest BCUT2D eigenvalue weighted by Gasteiger charge is 2.28. The molecule has 0 aromatic heterocycles. The van der Waals surface area contributed by atoms with Crippen molar-refractivity contribution in [2.24, 2.45) is 5.92 Å². The Labute approximate surface area is 180 Å². The van der Waals surface area contributed by atoms with E-state index < -0.39 is 22.0 Å². The molecule has 2 rings (SSSR count). The predicted molar refractivity (Wildman–Crippen MR) is 114 cm³/mol. The van der Waals surface area contributed by atoms with Crippen molar-refractivity contribution in [2.45, 2.75) is 31.3 Å². The summed E-state index contributed by atoms with van der Waals surface area (Å²) in [5.74, 6) is 0.505. The fourth-order valence-corrected chi connectivity index (χ4v) is 4.41. The van der Waals surface area contributed by atoms with Crippen molar-refractivity contribution in [3.8, 4) is 11.5 Å². The normalized spacial score (nSPS) is 12.5. The van der Waals surface area contributed by atoms with Gasteiger partial charge >= 0.3 is 0 Å². The standard InChI is InChI=1S/C20H25BrN2O5S/c1-13(2)19(23-29(25,26)17-8-6-16(27-3)7-9-17)20(24)22-12-14-11-15(21)5-10-18(14)28-4/h5-11,13,19,23H,12H2,1-4H3,(H,22,24)/t19-/m0/s1. The molecule has 0 radical (unpaired) electrons. The number of hydrogen-bond acceptors (Lipinski definition) is 5. The molecule has 2 aromatic rings. The van der Waals surface area contributed by atoms with Crippen molar-refractivity contribution in [3.63, 3.8) is 0 Å². The second-order valence-corrected chi connectivity index (χ2v) is 9.32. The summed E-state index contributed by atoms with van der Waals surface area (Å²) in [4.78, 5) is 12.8. The lowest BCUT2D eigenvalue weighted by Crippen LogP contribution is -2.49. The van der Waals surface area contributed by atoms with E-state index in [1.165, 1.54) is 19.2 Å². The van der Waals surface area contributed by atoms with Crippen LogP contribution in [0.1, 0.15) is 19.4 Å². The Morgan fingerprint density at radius 1 is 1.07 bits per heavy atom. The summed E-state index contributed by atoms with van der Waals surface area (Å²) < 4.78 is 39.1. The van der Waals surface area contributed by atoms with Gasteiger partial charge in [0.05, 0.1) is 19.1 Å². The third kappa shape index (κ3) is 6.19. The minimum atomic E-state index is -3.88. The van der Waals surface area contributed by atoms with Crippen LogP contribution in [-0.2, 0) is 21.4 Å². The number of sulfonamides is 1. The topological polar surface area (TPSA) is 93.7 Å². The van der Waals surface area contributed by atoms with Crippen LogP contribution >= 0.6 is 15.9 Å². The second-order valence-electron chi connectivity index (χ2n) is 6.69. The molecule has 7 nitrogen and oxygen atoms in total. The van der Waals surface area contributed by atoms with Gasteiger partial charge in [0, 0.05) is 16.6 Å². The van der Waals surface area contributed by atoms with E-state index >= 15 is 0 Å². The Morgan fingerprint density at radius 3 is 2.28 bits per heavy atom. The van der Waals surface area contributed by atoms with Crippen LogP contribution < -0.4 is 19.5 Å². The van der Waals surface area contributed by atoms with Crippen LogP contribution in [0.5, 0.6) is 11.5 Å². The number of methoxy groups -OCH3 is 2. The van der Waals surface area contributed by atoms with Crippen molar-refractivity contribution >= 4 is 31.9 Å². The average molecular weight is 485 g/mol. The maximum atomic E-state index is 12.7. The van der Waals surface area contributed by atoms with E-state index in [1.54, 1.807) is 39.2 Å². The molecular weight excluding hydrogens is 460 g/mol. The summed E-state index contributed by atoms with van der Waals surface area (Å²) in [7, 11) is -0.824. The molecule has 0 saturated carbocycles. The van der Waals surface area contributed by atoms with Crippen LogP contribution in [0, 0.1) is 5.92 Å². The van der Waals surface area contributed by atoms with E-state index in [1.807, 2.05) is 12.1 Å². The van der Waals surface area contributed by atoms with Crippen molar-refractivity contribution in [1.29, 1.82) is 0 Å².